The summed E-state index contributed by atoms with van der Waals surface area (Å²) in [6.45, 7) is 2.16. The van der Waals surface area contributed by atoms with Gasteiger partial charge in [-0.3, -0.25) is 0 Å². The van der Waals surface area contributed by atoms with Crippen LogP contribution in [0.2, 0.25) is 0 Å². The maximum Gasteiger partial charge on any atom is 0.0252 e. The molecule has 0 radical (unpaired) electrons. The minimum absolute atomic E-state index is 0.324. The zero-order valence-electron chi connectivity index (χ0n) is 8.13. The Morgan fingerprint density at radius 3 is 2.58 bits per heavy atom. The highest BCUT2D eigenvalue weighted by molar-refractivity contribution is 4.94. The zero-order valence-corrected chi connectivity index (χ0v) is 8.13. The van der Waals surface area contributed by atoms with Crippen LogP contribution in [-0.4, -0.2) is 6.04 Å². The van der Waals surface area contributed by atoms with E-state index in [0.717, 1.165) is 12.3 Å². The Morgan fingerprint density at radius 1 is 1.33 bits per heavy atom. The number of hydrogen-bond donors (Lipinski definition) is 1. The van der Waals surface area contributed by atoms with Gasteiger partial charge in [-0.05, 0) is 25.2 Å². The summed E-state index contributed by atoms with van der Waals surface area (Å²) in [6.07, 6.45) is 12.4. The highest BCUT2D eigenvalue weighted by Crippen LogP contribution is 2.25. The van der Waals surface area contributed by atoms with E-state index in [2.05, 4.69) is 19.1 Å². The Kier molecular flexibility index (Phi) is 4.37. The van der Waals surface area contributed by atoms with Gasteiger partial charge in [0, 0.05) is 6.04 Å². The van der Waals surface area contributed by atoms with Gasteiger partial charge in [0.15, 0.2) is 0 Å². The van der Waals surface area contributed by atoms with Crippen molar-refractivity contribution in [3.05, 3.63) is 12.2 Å². The van der Waals surface area contributed by atoms with Gasteiger partial charge in [-0.1, -0.05) is 38.3 Å². The third-order valence-corrected chi connectivity index (χ3v) is 2.79. The first-order valence-corrected chi connectivity index (χ1v) is 5.27. The number of nitrogens with two attached hydrogens (primary N) is 1. The van der Waals surface area contributed by atoms with Crippen LogP contribution in [0.15, 0.2) is 12.2 Å². The number of hydrogen-bond acceptors (Lipinski definition) is 1. The van der Waals surface area contributed by atoms with Crippen LogP contribution in [0.1, 0.15) is 45.4 Å². The van der Waals surface area contributed by atoms with Gasteiger partial charge in [0.1, 0.15) is 0 Å². The SMILES string of the molecule is CC/C=C\[C@@H](N)C1CCCCC1. The van der Waals surface area contributed by atoms with Crippen LogP contribution >= 0.6 is 0 Å². The summed E-state index contributed by atoms with van der Waals surface area (Å²) in [5.74, 6) is 0.765. The summed E-state index contributed by atoms with van der Waals surface area (Å²) >= 11 is 0. The van der Waals surface area contributed by atoms with Crippen molar-refractivity contribution < 1.29 is 0 Å². The van der Waals surface area contributed by atoms with Gasteiger partial charge in [-0.15, -0.1) is 0 Å². The molecule has 1 aliphatic rings. The first-order valence-electron chi connectivity index (χ1n) is 5.27. The van der Waals surface area contributed by atoms with Gasteiger partial charge in [0.25, 0.3) is 0 Å². The molecule has 1 heteroatoms. The van der Waals surface area contributed by atoms with Crippen molar-refractivity contribution in [2.45, 2.75) is 51.5 Å². The predicted molar refractivity (Wildman–Crippen MR) is 54.0 cm³/mol. The lowest BCUT2D eigenvalue weighted by molar-refractivity contribution is 0.332. The highest BCUT2D eigenvalue weighted by Gasteiger charge is 2.17. The van der Waals surface area contributed by atoms with E-state index < -0.39 is 0 Å². The molecule has 0 aliphatic heterocycles. The Labute approximate surface area is 76.0 Å². The van der Waals surface area contributed by atoms with Crippen LogP contribution in [0.4, 0.5) is 0 Å². The fraction of sp³-hybridized carbons (Fsp3) is 0.818. The smallest absolute Gasteiger partial charge is 0.0252 e. The van der Waals surface area contributed by atoms with Crippen LogP contribution in [0.5, 0.6) is 0 Å². The van der Waals surface area contributed by atoms with Gasteiger partial charge >= 0.3 is 0 Å². The largest absolute Gasteiger partial charge is 0.324 e. The molecule has 1 saturated carbocycles. The van der Waals surface area contributed by atoms with Crippen molar-refractivity contribution in [1.29, 1.82) is 0 Å². The molecule has 70 valence electrons. The Balaban J connectivity index is 2.29. The Morgan fingerprint density at radius 2 is 2.00 bits per heavy atom. The van der Waals surface area contributed by atoms with Crippen LogP contribution in [0, 0.1) is 5.92 Å². The summed E-state index contributed by atoms with van der Waals surface area (Å²) in [5, 5.41) is 0. The second-order valence-corrected chi connectivity index (χ2v) is 3.81. The average Bonchev–Trinajstić information content (AvgIpc) is 2.15. The van der Waals surface area contributed by atoms with Crippen molar-refractivity contribution in [2.24, 2.45) is 11.7 Å². The van der Waals surface area contributed by atoms with Gasteiger partial charge in [-0.2, -0.15) is 0 Å². The summed E-state index contributed by atoms with van der Waals surface area (Å²) in [7, 11) is 0. The first-order chi connectivity index (χ1) is 5.84. The molecule has 1 aliphatic carbocycles. The minimum atomic E-state index is 0.324. The molecule has 1 atom stereocenters. The number of rotatable bonds is 3. The van der Waals surface area contributed by atoms with Crippen molar-refractivity contribution in [1.82, 2.24) is 0 Å². The predicted octanol–water partition coefficient (Wildman–Crippen LogP) is 2.86. The Hall–Kier alpha value is -0.300. The lowest BCUT2D eigenvalue weighted by Gasteiger charge is -2.25. The quantitative estimate of drug-likeness (QED) is 0.643. The molecule has 0 amide bonds. The topological polar surface area (TPSA) is 26.0 Å². The zero-order chi connectivity index (χ0) is 8.81. The summed E-state index contributed by atoms with van der Waals surface area (Å²) < 4.78 is 0. The van der Waals surface area contributed by atoms with Crippen molar-refractivity contribution in [3.8, 4) is 0 Å². The van der Waals surface area contributed by atoms with E-state index in [4.69, 9.17) is 5.73 Å². The van der Waals surface area contributed by atoms with E-state index in [1.54, 1.807) is 0 Å². The highest BCUT2D eigenvalue weighted by atomic mass is 14.6. The maximum absolute atomic E-state index is 6.05. The third-order valence-electron chi connectivity index (χ3n) is 2.79. The lowest BCUT2D eigenvalue weighted by atomic mass is 9.84. The van der Waals surface area contributed by atoms with Gasteiger partial charge in [0.05, 0.1) is 0 Å². The lowest BCUT2D eigenvalue weighted by Crippen LogP contribution is -2.29. The van der Waals surface area contributed by atoms with Gasteiger partial charge in [0.2, 0.25) is 0 Å². The number of allylic oxidation sites excluding steroid dienone is 1. The molecule has 0 bridgehead atoms. The summed E-state index contributed by atoms with van der Waals surface area (Å²) in [5.41, 5.74) is 6.05. The van der Waals surface area contributed by atoms with E-state index in [-0.39, 0.29) is 0 Å². The van der Waals surface area contributed by atoms with Crippen LogP contribution in [0.3, 0.4) is 0 Å². The molecule has 1 rings (SSSR count). The standard InChI is InChI=1S/C11H21N/c1-2-3-9-11(12)10-7-5-4-6-8-10/h3,9-11H,2,4-8,12H2,1H3/b9-3-/t11-/m1/s1. The normalized spacial score (nSPS) is 23.2. The molecule has 0 saturated heterocycles. The second kappa shape index (κ2) is 5.36. The van der Waals surface area contributed by atoms with Gasteiger partial charge < -0.3 is 5.73 Å². The van der Waals surface area contributed by atoms with Crippen molar-refractivity contribution in [2.75, 3.05) is 0 Å². The third kappa shape index (κ3) is 2.98. The van der Waals surface area contributed by atoms with E-state index in [1.807, 2.05) is 0 Å². The minimum Gasteiger partial charge on any atom is -0.324 e. The van der Waals surface area contributed by atoms with E-state index >= 15 is 0 Å². The molecule has 2 N–H and O–H groups in total. The van der Waals surface area contributed by atoms with Crippen molar-refractivity contribution in [3.63, 3.8) is 0 Å². The summed E-state index contributed by atoms with van der Waals surface area (Å²) in [4.78, 5) is 0. The van der Waals surface area contributed by atoms with Crippen LogP contribution < -0.4 is 5.73 Å². The van der Waals surface area contributed by atoms with E-state index in [1.165, 1.54) is 32.1 Å². The maximum atomic E-state index is 6.05. The second-order valence-electron chi connectivity index (χ2n) is 3.81. The molecule has 0 unspecified atom stereocenters. The molecule has 0 heterocycles. The molecule has 0 aromatic rings. The molecular weight excluding hydrogens is 146 g/mol. The van der Waals surface area contributed by atoms with E-state index in [0.29, 0.717) is 6.04 Å². The fourth-order valence-corrected chi connectivity index (χ4v) is 1.97. The van der Waals surface area contributed by atoms with E-state index in [9.17, 15) is 0 Å². The molecule has 1 fully saturated rings. The summed E-state index contributed by atoms with van der Waals surface area (Å²) in [6, 6.07) is 0.324. The van der Waals surface area contributed by atoms with Crippen LogP contribution in [-0.2, 0) is 0 Å². The fourth-order valence-electron chi connectivity index (χ4n) is 1.97. The van der Waals surface area contributed by atoms with Gasteiger partial charge in [-0.25, -0.2) is 0 Å². The molecule has 0 aromatic heterocycles. The van der Waals surface area contributed by atoms with Crippen molar-refractivity contribution >= 4 is 0 Å². The molecule has 12 heavy (non-hydrogen) atoms. The molecule has 1 nitrogen and oxygen atoms in total. The Bertz CT molecular complexity index is 134. The monoisotopic (exact) mass is 167 g/mol. The molecule has 0 spiro atoms. The van der Waals surface area contributed by atoms with Crippen LogP contribution in [0.25, 0.3) is 0 Å². The first kappa shape index (κ1) is 9.79. The molecular formula is C11H21N. The average molecular weight is 167 g/mol. The molecule has 0 aromatic carbocycles.